The van der Waals surface area contributed by atoms with E-state index in [2.05, 4.69) is 10.6 Å². The maximum absolute atomic E-state index is 11.7. The molecule has 0 aromatic rings. The van der Waals surface area contributed by atoms with Crippen LogP contribution in [0, 0.1) is 0 Å². The van der Waals surface area contributed by atoms with Crippen molar-refractivity contribution < 1.29 is 4.39 Å². The van der Waals surface area contributed by atoms with Gasteiger partial charge in [0.1, 0.15) is 6.67 Å². The van der Waals surface area contributed by atoms with Gasteiger partial charge in [-0.2, -0.15) is 11.8 Å². The third kappa shape index (κ3) is 3.94. The van der Waals surface area contributed by atoms with Crippen molar-refractivity contribution in [1.29, 1.82) is 0 Å². The van der Waals surface area contributed by atoms with E-state index in [-0.39, 0.29) is 6.67 Å². The Hall–Kier alpha value is 0.200. The molecule has 0 aliphatic carbocycles. The first-order chi connectivity index (χ1) is 5.43. The summed E-state index contributed by atoms with van der Waals surface area (Å²) >= 11 is 1.96. The summed E-state index contributed by atoms with van der Waals surface area (Å²) in [4.78, 5) is 0. The first-order valence-electron chi connectivity index (χ1n) is 4.01. The first kappa shape index (κ1) is 9.29. The summed E-state index contributed by atoms with van der Waals surface area (Å²) in [6.45, 7) is 2.21. The SMILES string of the molecule is FCCNCC1CSCCN1. The third-order valence-electron chi connectivity index (χ3n) is 1.66. The van der Waals surface area contributed by atoms with Crippen molar-refractivity contribution in [2.75, 3.05) is 37.8 Å². The van der Waals surface area contributed by atoms with Crippen LogP contribution in [-0.4, -0.2) is 43.9 Å². The Morgan fingerprint density at radius 2 is 2.55 bits per heavy atom. The zero-order valence-electron chi connectivity index (χ0n) is 6.61. The Kier molecular flexibility index (Phi) is 4.90. The Labute approximate surface area is 71.3 Å². The minimum atomic E-state index is -0.264. The van der Waals surface area contributed by atoms with Gasteiger partial charge in [-0.15, -0.1) is 0 Å². The predicted molar refractivity (Wildman–Crippen MR) is 48.0 cm³/mol. The van der Waals surface area contributed by atoms with Crippen molar-refractivity contribution in [3.8, 4) is 0 Å². The Morgan fingerprint density at radius 1 is 1.64 bits per heavy atom. The van der Waals surface area contributed by atoms with Gasteiger partial charge in [0.15, 0.2) is 0 Å². The largest absolute Gasteiger partial charge is 0.313 e. The van der Waals surface area contributed by atoms with E-state index in [1.807, 2.05) is 11.8 Å². The molecule has 0 aromatic carbocycles. The highest BCUT2D eigenvalue weighted by Crippen LogP contribution is 2.06. The van der Waals surface area contributed by atoms with Crippen LogP contribution in [0.5, 0.6) is 0 Å². The summed E-state index contributed by atoms with van der Waals surface area (Å²) in [6.07, 6.45) is 0. The lowest BCUT2D eigenvalue weighted by atomic mass is 10.3. The van der Waals surface area contributed by atoms with E-state index in [4.69, 9.17) is 0 Å². The number of halogens is 1. The van der Waals surface area contributed by atoms with E-state index >= 15 is 0 Å². The van der Waals surface area contributed by atoms with Crippen molar-refractivity contribution in [2.24, 2.45) is 0 Å². The van der Waals surface area contributed by atoms with Crippen LogP contribution in [-0.2, 0) is 0 Å². The average molecular weight is 178 g/mol. The van der Waals surface area contributed by atoms with Crippen molar-refractivity contribution in [2.45, 2.75) is 6.04 Å². The standard InChI is InChI=1S/C7H15FN2S/c8-1-2-9-5-7-6-11-4-3-10-7/h7,9-10H,1-6H2. The van der Waals surface area contributed by atoms with Gasteiger partial charge < -0.3 is 10.6 Å². The number of hydrogen-bond donors (Lipinski definition) is 2. The highest BCUT2D eigenvalue weighted by atomic mass is 32.2. The van der Waals surface area contributed by atoms with Crippen LogP contribution < -0.4 is 10.6 Å². The fraction of sp³-hybridized carbons (Fsp3) is 1.00. The van der Waals surface area contributed by atoms with Crippen molar-refractivity contribution in [1.82, 2.24) is 10.6 Å². The van der Waals surface area contributed by atoms with E-state index < -0.39 is 0 Å². The maximum atomic E-state index is 11.7. The monoisotopic (exact) mass is 178 g/mol. The Bertz CT molecular complexity index is 96.4. The van der Waals surface area contributed by atoms with E-state index in [0.717, 1.165) is 18.8 Å². The molecular formula is C7H15FN2S. The molecule has 1 heterocycles. The lowest BCUT2D eigenvalue weighted by molar-refractivity contribution is 0.444. The lowest BCUT2D eigenvalue weighted by Crippen LogP contribution is -2.44. The molecule has 1 aliphatic heterocycles. The van der Waals surface area contributed by atoms with E-state index in [1.54, 1.807) is 0 Å². The summed E-state index contributed by atoms with van der Waals surface area (Å²) in [5.74, 6) is 2.36. The molecule has 1 rings (SSSR count). The summed E-state index contributed by atoms with van der Waals surface area (Å²) in [5, 5.41) is 6.43. The smallest absolute Gasteiger partial charge is 0.102 e. The molecule has 4 heteroatoms. The number of rotatable bonds is 4. The minimum absolute atomic E-state index is 0.264. The molecule has 0 amide bonds. The van der Waals surface area contributed by atoms with Gasteiger partial charge in [-0.1, -0.05) is 0 Å². The first-order valence-corrected chi connectivity index (χ1v) is 5.17. The van der Waals surface area contributed by atoms with Gasteiger partial charge in [-0.05, 0) is 0 Å². The van der Waals surface area contributed by atoms with Crippen molar-refractivity contribution in [3.05, 3.63) is 0 Å². The van der Waals surface area contributed by atoms with E-state index in [9.17, 15) is 4.39 Å². The van der Waals surface area contributed by atoms with Gasteiger partial charge in [0.25, 0.3) is 0 Å². The topological polar surface area (TPSA) is 24.1 Å². The number of hydrogen-bond acceptors (Lipinski definition) is 3. The Morgan fingerprint density at radius 3 is 3.18 bits per heavy atom. The van der Waals surface area contributed by atoms with Gasteiger partial charge in [-0.3, -0.25) is 0 Å². The summed E-state index contributed by atoms with van der Waals surface area (Å²) in [5.41, 5.74) is 0. The molecular weight excluding hydrogens is 163 g/mol. The molecule has 11 heavy (non-hydrogen) atoms. The minimum Gasteiger partial charge on any atom is -0.313 e. The molecule has 1 fully saturated rings. The third-order valence-corrected chi connectivity index (χ3v) is 2.79. The molecule has 0 bridgehead atoms. The molecule has 1 atom stereocenters. The molecule has 0 radical (unpaired) electrons. The van der Waals surface area contributed by atoms with Crippen LogP contribution in [0.3, 0.4) is 0 Å². The highest BCUT2D eigenvalue weighted by Gasteiger charge is 2.11. The number of alkyl halides is 1. The summed E-state index contributed by atoms with van der Waals surface area (Å²) in [6, 6.07) is 0.542. The molecule has 2 N–H and O–H groups in total. The Balaban J connectivity index is 1.96. The van der Waals surface area contributed by atoms with E-state index in [1.165, 1.54) is 5.75 Å². The summed E-state index contributed by atoms with van der Waals surface area (Å²) < 4.78 is 11.7. The normalized spacial score (nSPS) is 25.4. The van der Waals surface area contributed by atoms with E-state index in [0.29, 0.717) is 12.6 Å². The molecule has 0 spiro atoms. The maximum Gasteiger partial charge on any atom is 0.102 e. The quantitative estimate of drug-likeness (QED) is 0.603. The van der Waals surface area contributed by atoms with Gasteiger partial charge in [0, 0.05) is 37.2 Å². The predicted octanol–water partition coefficient (Wildman–Crippen LogP) is 0.251. The van der Waals surface area contributed by atoms with Gasteiger partial charge >= 0.3 is 0 Å². The van der Waals surface area contributed by atoms with Gasteiger partial charge in [0.2, 0.25) is 0 Å². The molecule has 1 unspecified atom stereocenters. The zero-order chi connectivity index (χ0) is 7.94. The van der Waals surface area contributed by atoms with Crippen LogP contribution in [0.15, 0.2) is 0 Å². The fourth-order valence-corrected chi connectivity index (χ4v) is 2.04. The summed E-state index contributed by atoms with van der Waals surface area (Å²) in [7, 11) is 0. The lowest BCUT2D eigenvalue weighted by Gasteiger charge is -2.23. The van der Waals surface area contributed by atoms with Crippen molar-refractivity contribution in [3.63, 3.8) is 0 Å². The zero-order valence-corrected chi connectivity index (χ0v) is 7.42. The molecule has 66 valence electrons. The fourth-order valence-electron chi connectivity index (χ4n) is 1.09. The van der Waals surface area contributed by atoms with Crippen LogP contribution in [0.25, 0.3) is 0 Å². The van der Waals surface area contributed by atoms with Crippen LogP contribution in [0.1, 0.15) is 0 Å². The second kappa shape index (κ2) is 5.80. The molecule has 1 aliphatic rings. The van der Waals surface area contributed by atoms with Gasteiger partial charge in [-0.25, -0.2) is 4.39 Å². The van der Waals surface area contributed by atoms with Crippen molar-refractivity contribution >= 4 is 11.8 Å². The highest BCUT2D eigenvalue weighted by molar-refractivity contribution is 7.99. The van der Waals surface area contributed by atoms with Crippen LogP contribution in [0.4, 0.5) is 4.39 Å². The molecule has 2 nitrogen and oxygen atoms in total. The van der Waals surface area contributed by atoms with Crippen LogP contribution >= 0.6 is 11.8 Å². The number of thioether (sulfide) groups is 1. The average Bonchev–Trinajstić information content (AvgIpc) is 2.07. The molecule has 0 saturated carbocycles. The second-order valence-corrected chi connectivity index (χ2v) is 3.77. The van der Waals surface area contributed by atoms with Crippen LogP contribution in [0.2, 0.25) is 0 Å². The molecule has 1 saturated heterocycles. The molecule has 0 aromatic heterocycles. The van der Waals surface area contributed by atoms with Gasteiger partial charge in [0.05, 0.1) is 0 Å². The number of nitrogens with one attached hydrogen (secondary N) is 2. The second-order valence-electron chi connectivity index (χ2n) is 2.62.